The highest BCUT2D eigenvalue weighted by atomic mass is 16.5. The summed E-state index contributed by atoms with van der Waals surface area (Å²) in [5.41, 5.74) is 0. The monoisotopic (exact) mass is 157 g/mol. The molecule has 0 radical (unpaired) electrons. The Labute approximate surface area is 69.6 Å². The molecule has 0 aliphatic heterocycles. The molecule has 0 unspecified atom stereocenters. The van der Waals surface area contributed by atoms with Crippen LogP contribution in [0, 0.1) is 0 Å². The molecule has 0 rings (SSSR count). The fourth-order valence-electron chi connectivity index (χ4n) is 0.670. The van der Waals surface area contributed by atoms with Crippen molar-refractivity contribution in [3.63, 3.8) is 0 Å². The van der Waals surface area contributed by atoms with Gasteiger partial charge in [0, 0.05) is 13.1 Å². The number of nitrogens with one attached hydrogen (secondary N) is 1. The van der Waals surface area contributed by atoms with Crippen LogP contribution in [0.5, 0.6) is 0 Å². The van der Waals surface area contributed by atoms with Gasteiger partial charge in [0.15, 0.2) is 0 Å². The van der Waals surface area contributed by atoms with Crippen LogP contribution in [0.3, 0.4) is 0 Å². The Hall–Kier alpha value is -0.340. The van der Waals surface area contributed by atoms with Gasteiger partial charge in [-0.15, -0.1) is 0 Å². The standard InChI is InChI=1S/C9H19NO/c1-4-5-6-10-7-8-11-9(2)3/h4-5,9-10H,6-8H2,1-3H3/b5-4+. The molecule has 0 spiro atoms. The summed E-state index contributed by atoms with van der Waals surface area (Å²) in [7, 11) is 0. The topological polar surface area (TPSA) is 21.3 Å². The van der Waals surface area contributed by atoms with Crippen LogP contribution in [-0.4, -0.2) is 25.8 Å². The maximum absolute atomic E-state index is 5.34. The smallest absolute Gasteiger partial charge is 0.0594 e. The van der Waals surface area contributed by atoms with Gasteiger partial charge in [-0.05, 0) is 20.8 Å². The lowest BCUT2D eigenvalue weighted by atomic mass is 10.5. The minimum atomic E-state index is 0.346. The zero-order valence-electron chi connectivity index (χ0n) is 7.76. The maximum Gasteiger partial charge on any atom is 0.0594 e. The van der Waals surface area contributed by atoms with E-state index in [4.69, 9.17) is 4.74 Å². The van der Waals surface area contributed by atoms with Gasteiger partial charge in [-0.2, -0.15) is 0 Å². The summed E-state index contributed by atoms with van der Waals surface area (Å²) < 4.78 is 5.34. The Morgan fingerprint density at radius 1 is 1.45 bits per heavy atom. The van der Waals surface area contributed by atoms with Crippen molar-refractivity contribution >= 4 is 0 Å². The average Bonchev–Trinajstić information content (AvgIpc) is 1.96. The predicted molar refractivity (Wildman–Crippen MR) is 48.8 cm³/mol. The van der Waals surface area contributed by atoms with Gasteiger partial charge in [-0.1, -0.05) is 12.2 Å². The molecule has 0 bridgehead atoms. The number of rotatable bonds is 6. The largest absolute Gasteiger partial charge is 0.377 e. The SMILES string of the molecule is C/C=C/CNCCOC(C)C. The maximum atomic E-state index is 5.34. The third kappa shape index (κ3) is 9.66. The molecule has 2 nitrogen and oxygen atoms in total. The van der Waals surface area contributed by atoms with Gasteiger partial charge in [-0.3, -0.25) is 0 Å². The van der Waals surface area contributed by atoms with Crippen LogP contribution in [0.25, 0.3) is 0 Å². The molecular weight excluding hydrogens is 138 g/mol. The first-order valence-corrected chi connectivity index (χ1v) is 4.21. The van der Waals surface area contributed by atoms with Gasteiger partial charge >= 0.3 is 0 Å². The van der Waals surface area contributed by atoms with Gasteiger partial charge in [0.2, 0.25) is 0 Å². The molecule has 0 fully saturated rings. The van der Waals surface area contributed by atoms with Crippen LogP contribution in [0.2, 0.25) is 0 Å². The van der Waals surface area contributed by atoms with Crippen molar-refractivity contribution in [1.29, 1.82) is 0 Å². The summed E-state index contributed by atoms with van der Waals surface area (Å²) in [5, 5.41) is 3.23. The van der Waals surface area contributed by atoms with E-state index in [1.54, 1.807) is 0 Å². The fraction of sp³-hybridized carbons (Fsp3) is 0.778. The summed E-state index contributed by atoms with van der Waals surface area (Å²) in [4.78, 5) is 0. The molecule has 0 aliphatic rings. The first-order chi connectivity index (χ1) is 5.27. The normalized spacial score (nSPS) is 11.6. The third-order valence-corrected chi connectivity index (χ3v) is 1.23. The average molecular weight is 157 g/mol. The van der Waals surface area contributed by atoms with Crippen LogP contribution in [0.15, 0.2) is 12.2 Å². The number of hydrogen-bond donors (Lipinski definition) is 1. The lowest BCUT2D eigenvalue weighted by Crippen LogP contribution is -2.21. The van der Waals surface area contributed by atoms with E-state index in [-0.39, 0.29) is 0 Å². The predicted octanol–water partition coefficient (Wildman–Crippen LogP) is 1.58. The van der Waals surface area contributed by atoms with Crippen molar-refractivity contribution in [2.24, 2.45) is 0 Å². The van der Waals surface area contributed by atoms with Crippen LogP contribution in [-0.2, 0) is 4.74 Å². The van der Waals surface area contributed by atoms with Crippen LogP contribution >= 0.6 is 0 Å². The molecule has 0 saturated heterocycles. The molecule has 66 valence electrons. The van der Waals surface area contributed by atoms with Gasteiger partial charge in [-0.25, -0.2) is 0 Å². The number of ether oxygens (including phenoxy) is 1. The van der Waals surface area contributed by atoms with E-state index in [0.717, 1.165) is 19.7 Å². The molecule has 0 atom stereocenters. The number of allylic oxidation sites excluding steroid dienone is 1. The quantitative estimate of drug-likeness (QED) is 0.467. The Kier molecular flexibility index (Phi) is 7.52. The molecule has 0 aromatic heterocycles. The van der Waals surface area contributed by atoms with E-state index < -0.39 is 0 Å². The van der Waals surface area contributed by atoms with Crippen molar-refractivity contribution in [3.05, 3.63) is 12.2 Å². The zero-order valence-corrected chi connectivity index (χ0v) is 7.76. The molecule has 0 aromatic rings. The summed E-state index contributed by atoms with van der Waals surface area (Å²) in [6.07, 6.45) is 4.48. The van der Waals surface area contributed by atoms with Gasteiger partial charge in [0.05, 0.1) is 12.7 Å². The zero-order chi connectivity index (χ0) is 8.53. The molecule has 0 amide bonds. The van der Waals surface area contributed by atoms with Crippen molar-refractivity contribution in [1.82, 2.24) is 5.32 Å². The molecule has 1 N–H and O–H groups in total. The molecule has 0 heterocycles. The summed E-state index contributed by atoms with van der Waals surface area (Å²) in [6.45, 7) is 8.79. The summed E-state index contributed by atoms with van der Waals surface area (Å²) in [5.74, 6) is 0. The highest BCUT2D eigenvalue weighted by Crippen LogP contribution is 1.84. The van der Waals surface area contributed by atoms with E-state index in [9.17, 15) is 0 Å². The molecule has 0 aliphatic carbocycles. The lowest BCUT2D eigenvalue weighted by molar-refractivity contribution is 0.0813. The molecular formula is C9H19NO. The second kappa shape index (κ2) is 7.76. The van der Waals surface area contributed by atoms with Crippen molar-refractivity contribution in [2.45, 2.75) is 26.9 Å². The molecule has 2 heteroatoms. The van der Waals surface area contributed by atoms with Crippen LogP contribution < -0.4 is 5.32 Å². The van der Waals surface area contributed by atoms with E-state index in [2.05, 4.69) is 11.4 Å². The third-order valence-electron chi connectivity index (χ3n) is 1.23. The fourth-order valence-corrected chi connectivity index (χ4v) is 0.670. The highest BCUT2D eigenvalue weighted by molar-refractivity contribution is 4.78. The van der Waals surface area contributed by atoms with E-state index >= 15 is 0 Å². The van der Waals surface area contributed by atoms with E-state index in [1.165, 1.54) is 0 Å². The number of hydrogen-bond acceptors (Lipinski definition) is 2. The minimum absolute atomic E-state index is 0.346. The lowest BCUT2D eigenvalue weighted by Gasteiger charge is -2.06. The summed E-state index contributed by atoms with van der Waals surface area (Å²) >= 11 is 0. The van der Waals surface area contributed by atoms with Gasteiger partial charge < -0.3 is 10.1 Å². The molecule has 0 saturated carbocycles. The van der Waals surface area contributed by atoms with Gasteiger partial charge in [0.25, 0.3) is 0 Å². The van der Waals surface area contributed by atoms with Crippen molar-refractivity contribution < 1.29 is 4.74 Å². The van der Waals surface area contributed by atoms with Crippen molar-refractivity contribution in [3.8, 4) is 0 Å². The summed E-state index contributed by atoms with van der Waals surface area (Å²) in [6, 6.07) is 0. The Bertz CT molecular complexity index is 99.7. The van der Waals surface area contributed by atoms with Gasteiger partial charge in [0.1, 0.15) is 0 Å². The second-order valence-corrected chi connectivity index (χ2v) is 2.69. The Morgan fingerprint density at radius 2 is 2.18 bits per heavy atom. The van der Waals surface area contributed by atoms with Crippen LogP contribution in [0.1, 0.15) is 20.8 Å². The Morgan fingerprint density at radius 3 is 2.73 bits per heavy atom. The van der Waals surface area contributed by atoms with E-state index in [0.29, 0.717) is 6.10 Å². The minimum Gasteiger partial charge on any atom is -0.377 e. The first-order valence-electron chi connectivity index (χ1n) is 4.21. The first kappa shape index (κ1) is 10.7. The second-order valence-electron chi connectivity index (χ2n) is 2.69. The molecule has 11 heavy (non-hydrogen) atoms. The molecule has 0 aromatic carbocycles. The van der Waals surface area contributed by atoms with E-state index in [1.807, 2.05) is 26.8 Å². The van der Waals surface area contributed by atoms with Crippen molar-refractivity contribution in [2.75, 3.05) is 19.7 Å². The Balaban J connectivity index is 2.91. The van der Waals surface area contributed by atoms with Crippen LogP contribution in [0.4, 0.5) is 0 Å². The highest BCUT2D eigenvalue weighted by Gasteiger charge is 1.90.